The molecule has 0 unspecified atom stereocenters. The minimum Gasteiger partial charge on any atom is -0.465 e. The molecular weight excluding hydrogens is 673 g/mol. The van der Waals surface area contributed by atoms with Crippen LogP contribution in [0.5, 0.6) is 0 Å². The smallest absolute Gasteiger partial charge is 0.346 e. The molecule has 8 nitrogen and oxygen atoms in total. The second kappa shape index (κ2) is 13.2. The fraction of sp³-hybridized carbons (Fsp3) is 0.333. The minimum absolute atomic E-state index is 0.261. The molecule has 0 aromatic heterocycles. The molecule has 4 heterocycles. The van der Waals surface area contributed by atoms with Gasteiger partial charge in [-0.05, 0) is 36.8 Å². The Bertz CT molecular complexity index is 1320. The number of methoxy groups -OCH3 is 4. The molecule has 0 bridgehead atoms. The van der Waals surface area contributed by atoms with Crippen LogP contribution in [0.1, 0.15) is 25.7 Å². The highest BCUT2D eigenvalue weighted by atomic mass is 32.3. The molecule has 1 fully saturated rings. The van der Waals surface area contributed by atoms with Crippen molar-refractivity contribution in [2.24, 2.45) is 0 Å². The summed E-state index contributed by atoms with van der Waals surface area (Å²) in [5, 5.41) is 0. The lowest BCUT2D eigenvalue weighted by Crippen LogP contribution is -2.08. The van der Waals surface area contributed by atoms with E-state index in [0.717, 1.165) is 38.4 Å². The Kier molecular flexibility index (Phi) is 10.1. The zero-order chi connectivity index (χ0) is 28.6. The van der Waals surface area contributed by atoms with Crippen LogP contribution in [-0.4, -0.2) is 52.3 Å². The van der Waals surface area contributed by atoms with Crippen LogP contribution in [0.2, 0.25) is 0 Å². The molecule has 1 saturated carbocycles. The molecule has 0 atom stereocenters. The number of thioether (sulfide) groups is 8. The van der Waals surface area contributed by atoms with Gasteiger partial charge in [-0.1, -0.05) is 94.1 Å². The SMILES string of the molecule is COC(=O)C1=C(C(=O)OC)SC(=C2CCC(=C3SC4=C(S3)SC(=C3SC(C(=O)OC)=C(C(=O)OC)S3)S4)CC2)S1. The van der Waals surface area contributed by atoms with Gasteiger partial charge in [-0.15, -0.1) is 0 Å². The summed E-state index contributed by atoms with van der Waals surface area (Å²) in [6.07, 6.45) is 3.57. The molecule has 40 heavy (non-hydrogen) atoms. The second-order valence-corrected chi connectivity index (χ2v) is 17.7. The van der Waals surface area contributed by atoms with Gasteiger partial charge in [0, 0.05) is 4.24 Å². The monoisotopic (exact) mass is 692 g/mol. The van der Waals surface area contributed by atoms with Gasteiger partial charge in [-0.2, -0.15) is 0 Å². The van der Waals surface area contributed by atoms with E-state index in [2.05, 4.69) is 0 Å². The van der Waals surface area contributed by atoms with Crippen LogP contribution in [0.25, 0.3) is 0 Å². The van der Waals surface area contributed by atoms with Crippen molar-refractivity contribution < 1.29 is 38.1 Å². The standard InChI is InChI=1S/C24H20O8S8/c1-29-15(25)11-12(16(26)30-2)34-19(33-11)9-5-7-10(8-6-9)20-37-23-24(38-20)40-22(39-23)21-35-13(17(27)31-3)14(36-21)18(28)32-4/h5-8H2,1-4H3. The van der Waals surface area contributed by atoms with Gasteiger partial charge in [0.25, 0.3) is 0 Å². The third-order valence-corrected chi connectivity index (χ3v) is 17.4. The van der Waals surface area contributed by atoms with Crippen LogP contribution >= 0.6 is 94.1 Å². The summed E-state index contributed by atoms with van der Waals surface area (Å²) in [5.41, 5.74) is 2.66. The van der Waals surface area contributed by atoms with Crippen molar-refractivity contribution in [1.29, 1.82) is 0 Å². The summed E-state index contributed by atoms with van der Waals surface area (Å²) in [6, 6.07) is 0. The summed E-state index contributed by atoms with van der Waals surface area (Å²) in [4.78, 5) is 49.9. The van der Waals surface area contributed by atoms with E-state index in [4.69, 9.17) is 18.9 Å². The molecule has 0 amide bonds. The lowest BCUT2D eigenvalue weighted by molar-refractivity contribution is -0.138. The van der Waals surface area contributed by atoms with Crippen LogP contribution < -0.4 is 0 Å². The average molecular weight is 693 g/mol. The topological polar surface area (TPSA) is 105 Å². The lowest BCUT2D eigenvalue weighted by Gasteiger charge is -2.21. The Morgan fingerprint density at radius 2 is 0.625 bits per heavy atom. The maximum Gasteiger partial charge on any atom is 0.346 e. The van der Waals surface area contributed by atoms with Gasteiger partial charge in [0.2, 0.25) is 0 Å². The largest absolute Gasteiger partial charge is 0.465 e. The first-order valence-electron chi connectivity index (χ1n) is 11.4. The van der Waals surface area contributed by atoms with E-state index in [9.17, 15) is 19.2 Å². The van der Waals surface area contributed by atoms with Crippen molar-refractivity contribution in [3.05, 3.63) is 56.2 Å². The first-order valence-corrected chi connectivity index (χ1v) is 18.0. The van der Waals surface area contributed by atoms with Crippen LogP contribution in [0.4, 0.5) is 0 Å². The highest BCUT2D eigenvalue weighted by molar-refractivity contribution is 8.49. The molecular formula is C24H20O8S8. The van der Waals surface area contributed by atoms with Crippen molar-refractivity contribution in [1.82, 2.24) is 0 Å². The lowest BCUT2D eigenvalue weighted by atomic mass is 9.92. The highest BCUT2D eigenvalue weighted by Gasteiger charge is 2.39. The summed E-state index contributed by atoms with van der Waals surface area (Å²) < 4.78 is 26.1. The van der Waals surface area contributed by atoms with E-state index >= 15 is 0 Å². The van der Waals surface area contributed by atoms with Gasteiger partial charge >= 0.3 is 23.9 Å². The van der Waals surface area contributed by atoms with Gasteiger partial charge < -0.3 is 18.9 Å². The maximum absolute atomic E-state index is 12.2. The first-order chi connectivity index (χ1) is 19.3. The van der Waals surface area contributed by atoms with E-state index < -0.39 is 23.9 Å². The van der Waals surface area contributed by atoms with E-state index in [1.165, 1.54) is 99.3 Å². The molecule has 4 aliphatic heterocycles. The molecule has 0 aromatic rings. The molecule has 16 heteroatoms. The van der Waals surface area contributed by atoms with Crippen molar-refractivity contribution in [2.45, 2.75) is 25.7 Å². The highest BCUT2D eigenvalue weighted by Crippen LogP contribution is 2.70. The van der Waals surface area contributed by atoms with Crippen molar-refractivity contribution in [3.8, 4) is 0 Å². The Morgan fingerprint density at radius 1 is 0.400 bits per heavy atom. The quantitative estimate of drug-likeness (QED) is 0.218. The van der Waals surface area contributed by atoms with Crippen molar-refractivity contribution in [2.75, 3.05) is 28.4 Å². The number of carbonyl (C=O) groups is 4. The molecule has 1 aliphatic carbocycles. The average Bonchev–Trinajstić information content (AvgIpc) is 3.77. The molecule has 5 aliphatic rings. The van der Waals surface area contributed by atoms with Gasteiger partial charge in [0.05, 0.1) is 49.6 Å². The molecule has 0 N–H and O–H groups in total. The van der Waals surface area contributed by atoms with Crippen molar-refractivity contribution >= 4 is 118 Å². The van der Waals surface area contributed by atoms with Crippen LogP contribution in [0, 0.1) is 0 Å². The summed E-state index contributed by atoms with van der Waals surface area (Å²) in [6.45, 7) is 0. The Hall–Kier alpha value is -0.880. The number of carbonyl (C=O) groups excluding carboxylic acids is 4. The summed E-state index contributed by atoms with van der Waals surface area (Å²) in [7, 11) is 5.20. The minimum atomic E-state index is -0.544. The third-order valence-electron chi connectivity index (χ3n) is 5.78. The number of rotatable bonds is 4. The zero-order valence-electron chi connectivity index (χ0n) is 21.4. The van der Waals surface area contributed by atoms with Crippen LogP contribution in [0.15, 0.2) is 56.2 Å². The first kappa shape index (κ1) is 30.6. The predicted octanol–water partition coefficient (Wildman–Crippen LogP) is 7.27. The van der Waals surface area contributed by atoms with E-state index in [-0.39, 0.29) is 9.81 Å². The fourth-order valence-corrected chi connectivity index (χ4v) is 15.8. The number of hydrogen-bond donors (Lipinski definition) is 0. The Balaban J connectivity index is 1.22. The zero-order valence-corrected chi connectivity index (χ0v) is 27.9. The normalized spacial score (nSPS) is 21.1. The van der Waals surface area contributed by atoms with Gasteiger partial charge in [0.1, 0.15) is 19.6 Å². The van der Waals surface area contributed by atoms with Gasteiger partial charge in [0.15, 0.2) is 0 Å². The van der Waals surface area contributed by atoms with Crippen LogP contribution in [0.3, 0.4) is 0 Å². The molecule has 212 valence electrons. The fourth-order valence-electron chi connectivity index (χ4n) is 3.81. The van der Waals surface area contributed by atoms with Crippen molar-refractivity contribution in [3.63, 3.8) is 0 Å². The number of esters is 4. The molecule has 0 radical (unpaired) electrons. The van der Waals surface area contributed by atoms with Gasteiger partial charge in [-0.3, -0.25) is 0 Å². The number of hydrogen-bond acceptors (Lipinski definition) is 16. The summed E-state index contributed by atoms with van der Waals surface area (Å²) in [5.74, 6) is -2.14. The van der Waals surface area contributed by atoms with E-state index in [1.54, 1.807) is 47.0 Å². The molecule has 0 saturated heterocycles. The van der Waals surface area contributed by atoms with Gasteiger partial charge in [-0.25, -0.2) is 19.2 Å². The molecule has 0 aromatic carbocycles. The third kappa shape index (κ3) is 6.10. The Labute approximate surface area is 264 Å². The van der Waals surface area contributed by atoms with E-state index in [1.807, 2.05) is 0 Å². The van der Waals surface area contributed by atoms with E-state index in [0.29, 0.717) is 9.81 Å². The predicted molar refractivity (Wildman–Crippen MR) is 169 cm³/mol. The molecule has 0 spiro atoms. The Morgan fingerprint density at radius 3 is 0.925 bits per heavy atom. The summed E-state index contributed by atoms with van der Waals surface area (Å²) >= 11 is 12.0. The van der Waals surface area contributed by atoms with Crippen LogP contribution in [-0.2, 0) is 38.1 Å². The maximum atomic E-state index is 12.2. The number of ether oxygens (including phenoxy) is 4. The second-order valence-electron chi connectivity index (χ2n) is 8.03. The molecule has 5 rings (SSSR count). The number of allylic oxidation sites excluding steroid dienone is 2.